The molecule has 0 saturated heterocycles. The van der Waals surface area contributed by atoms with Crippen LogP contribution < -0.4 is 0 Å². The van der Waals surface area contributed by atoms with Gasteiger partial charge < -0.3 is 9.47 Å². The number of hydrogen-bond acceptors (Lipinski definition) is 4. The minimum absolute atomic E-state index is 0.157. The summed E-state index contributed by atoms with van der Waals surface area (Å²) in [6.07, 6.45) is 13.8. The maximum atomic E-state index is 11.4. The molecule has 4 heteroatoms. The van der Waals surface area contributed by atoms with Crippen LogP contribution in [0.5, 0.6) is 0 Å². The third-order valence-corrected chi connectivity index (χ3v) is 2.96. The maximum Gasteiger partial charge on any atom is 0.306 e. The van der Waals surface area contributed by atoms with E-state index in [1.807, 2.05) is 18.2 Å². The zero-order valence-corrected chi connectivity index (χ0v) is 12.0. The summed E-state index contributed by atoms with van der Waals surface area (Å²) in [6.45, 7) is 0.882. The van der Waals surface area contributed by atoms with E-state index in [2.05, 4.69) is 6.08 Å². The Morgan fingerprint density at radius 2 is 1.30 bits per heavy atom. The van der Waals surface area contributed by atoms with Crippen molar-refractivity contribution in [1.82, 2.24) is 0 Å². The Balaban J connectivity index is 2.33. The van der Waals surface area contributed by atoms with Crippen LogP contribution in [0.25, 0.3) is 0 Å². The van der Waals surface area contributed by atoms with E-state index in [1.165, 1.54) is 0 Å². The third-order valence-electron chi connectivity index (χ3n) is 2.96. The fourth-order valence-corrected chi connectivity index (χ4v) is 1.80. The first-order valence-corrected chi connectivity index (χ1v) is 7.42. The van der Waals surface area contributed by atoms with Crippen LogP contribution in [0.15, 0.2) is 24.3 Å². The van der Waals surface area contributed by atoms with Crippen LogP contribution in [-0.4, -0.2) is 25.2 Å². The van der Waals surface area contributed by atoms with Gasteiger partial charge in [-0.25, -0.2) is 0 Å². The predicted octanol–water partition coefficient (Wildman–Crippen LogP) is 3.32. The fourth-order valence-electron chi connectivity index (χ4n) is 1.80. The highest BCUT2D eigenvalue weighted by molar-refractivity contribution is 5.69. The monoisotopic (exact) mass is 280 g/mol. The van der Waals surface area contributed by atoms with Crippen molar-refractivity contribution in [3.05, 3.63) is 24.3 Å². The van der Waals surface area contributed by atoms with Gasteiger partial charge in [-0.3, -0.25) is 9.59 Å². The fraction of sp³-hybridized carbons (Fsp3) is 0.625. The molecule has 0 fully saturated rings. The summed E-state index contributed by atoms with van der Waals surface area (Å²) in [6, 6.07) is 0. The maximum absolute atomic E-state index is 11.4. The summed E-state index contributed by atoms with van der Waals surface area (Å²) >= 11 is 0. The second-order valence-electron chi connectivity index (χ2n) is 4.79. The lowest BCUT2D eigenvalue weighted by Gasteiger charge is -2.05. The molecule has 1 aliphatic rings. The molecule has 0 aromatic carbocycles. The first kappa shape index (κ1) is 16.5. The average molecular weight is 280 g/mol. The van der Waals surface area contributed by atoms with E-state index in [0.29, 0.717) is 45.3 Å². The summed E-state index contributed by atoms with van der Waals surface area (Å²) < 4.78 is 10.2. The van der Waals surface area contributed by atoms with E-state index in [1.54, 1.807) is 0 Å². The van der Waals surface area contributed by atoms with Crippen molar-refractivity contribution in [3.63, 3.8) is 0 Å². The van der Waals surface area contributed by atoms with Gasteiger partial charge in [-0.05, 0) is 38.5 Å². The lowest BCUT2D eigenvalue weighted by atomic mass is 10.2. The molecule has 4 nitrogen and oxygen atoms in total. The van der Waals surface area contributed by atoms with Gasteiger partial charge in [0.05, 0.1) is 13.2 Å². The Kier molecular flexibility index (Phi) is 9.28. The van der Waals surface area contributed by atoms with Gasteiger partial charge in [0.1, 0.15) is 0 Å². The number of cyclic esters (lactones) is 2. The lowest BCUT2D eigenvalue weighted by molar-refractivity contribution is -0.144. The van der Waals surface area contributed by atoms with Crippen molar-refractivity contribution < 1.29 is 19.1 Å². The zero-order chi connectivity index (χ0) is 14.5. The standard InChI is InChI=1S/C16H24O4/c17-15-11-7-5-3-1-2-4-6-9-13-19-16(18)12-8-10-14-20-15/h1-3,5H,4,6-14H2. The van der Waals surface area contributed by atoms with E-state index >= 15 is 0 Å². The second-order valence-corrected chi connectivity index (χ2v) is 4.79. The Morgan fingerprint density at radius 1 is 0.700 bits per heavy atom. The van der Waals surface area contributed by atoms with Crippen molar-refractivity contribution in [2.45, 2.75) is 51.4 Å². The van der Waals surface area contributed by atoms with Crippen LogP contribution >= 0.6 is 0 Å². The van der Waals surface area contributed by atoms with E-state index in [4.69, 9.17) is 9.47 Å². The minimum atomic E-state index is -0.178. The van der Waals surface area contributed by atoms with Gasteiger partial charge in [0.15, 0.2) is 0 Å². The number of allylic oxidation sites excluding steroid dienone is 4. The summed E-state index contributed by atoms with van der Waals surface area (Å²) in [5.74, 6) is -0.335. The van der Waals surface area contributed by atoms with Crippen LogP contribution in [0.2, 0.25) is 0 Å². The molecule has 20 heavy (non-hydrogen) atoms. The molecule has 1 aliphatic heterocycles. The van der Waals surface area contributed by atoms with Crippen LogP contribution in [0.3, 0.4) is 0 Å². The van der Waals surface area contributed by atoms with E-state index in [-0.39, 0.29) is 11.9 Å². The largest absolute Gasteiger partial charge is 0.466 e. The predicted molar refractivity (Wildman–Crippen MR) is 77.1 cm³/mol. The van der Waals surface area contributed by atoms with Crippen molar-refractivity contribution in [2.75, 3.05) is 13.2 Å². The highest BCUT2D eigenvalue weighted by atomic mass is 16.5. The quantitative estimate of drug-likeness (QED) is 0.639. The molecule has 0 spiro atoms. The third kappa shape index (κ3) is 9.36. The molecule has 0 amide bonds. The van der Waals surface area contributed by atoms with Crippen LogP contribution in [0.4, 0.5) is 0 Å². The zero-order valence-electron chi connectivity index (χ0n) is 12.0. The van der Waals surface area contributed by atoms with Crippen LogP contribution in [0, 0.1) is 0 Å². The summed E-state index contributed by atoms with van der Waals surface area (Å²) in [7, 11) is 0. The van der Waals surface area contributed by atoms with Crippen molar-refractivity contribution in [1.29, 1.82) is 0 Å². The molecular weight excluding hydrogens is 256 g/mol. The number of hydrogen-bond donors (Lipinski definition) is 0. The molecule has 0 unspecified atom stereocenters. The highest BCUT2D eigenvalue weighted by Gasteiger charge is 2.04. The molecular formula is C16H24O4. The smallest absolute Gasteiger partial charge is 0.306 e. The molecule has 1 rings (SSSR count). The Labute approximate surface area is 120 Å². The van der Waals surface area contributed by atoms with Gasteiger partial charge in [-0.1, -0.05) is 24.3 Å². The first-order chi connectivity index (χ1) is 9.79. The average Bonchev–Trinajstić information content (AvgIpc) is 2.43. The summed E-state index contributed by atoms with van der Waals surface area (Å²) in [5.41, 5.74) is 0. The first-order valence-electron chi connectivity index (χ1n) is 7.42. The van der Waals surface area contributed by atoms with Crippen LogP contribution in [-0.2, 0) is 19.1 Å². The molecule has 0 bridgehead atoms. The molecule has 0 atom stereocenters. The second kappa shape index (κ2) is 11.3. The van der Waals surface area contributed by atoms with Gasteiger partial charge in [-0.2, -0.15) is 0 Å². The van der Waals surface area contributed by atoms with Gasteiger partial charge in [0, 0.05) is 12.8 Å². The van der Waals surface area contributed by atoms with E-state index in [0.717, 1.165) is 19.3 Å². The number of esters is 2. The molecule has 112 valence electrons. The molecule has 1 heterocycles. The van der Waals surface area contributed by atoms with Crippen LogP contribution in [0.1, 0.15) is 51.4 Å². The molecule has 0 N–H and O–H groups in total. The van der Waals surface area contributed by atoms with Gasteiger partial charge in [-0.15, -0.1) is 0 Å². The highest BCUT2D eigenvalue weighted by Crippen LogP contribution is 2.03. The van der Waals surface area contributed by atoms with Gasteiger partial charge in [0.25, 0.3) is 0 Å². The Morgan fingerprint density at radius 3 is 2.05 bits per heavy atom. The molecule has 0 aromatic rings. The number of rotatable bonds is 0. The van der Waals surface area contributed by atoms with E-state index in [9.17, 15) is 9.59 Å². The Hall–Kier alpha value is -1.58. The number of carbonyl (C=O) groups is 2. The van der Waals surface area contributed by atoms with E-state index < -0.39 is 0 Å². The Bertz CT molecular complexity index is 344. The molecule has 0 radical (unpaired) electrons. The van der Waals surface area contributed by atoms with Crippen molar-refractivity contribution >= 4 is 11.9 Å². The molecule has 0 aliphatic carbocycles. The number of carbonyl (C=O) groups excluding carboxylic acids is 2. The lowest BCUT2D eigenvalue weighted by Crippen LogP contribution is -2.08. The minimum Gasteiger partial charge on any atom is -0.466 e. The SMILES string of the molecule is O=C1CCC=CC=CCCCCOC(=O)CCCCO1. The number of ether oxygens (including phenoxy) is 2. The van der Waals surface area contributed by atoms with Gasteiger partial charge >= 0.3 is 11.9 Å². The normalized spacial score (nSPS) is 20.6. The van der Waals surface area contributed by atoms with Gasteiger partial charge in [0.2, 0.25) is 0 Å². The molecule has 0 saturated carbocycles. The van der Waals surface area contributed by atoms with Crippen molar-refractivity contribution in [3.8, 4) is 0 Å². The summed E-state index contributed by atoms with van der Waals surface area (Å²) in [5, 5.41) is 0. The summed E-state index contributed by atoms with van der Waals surface area (Å²) in [4.78, 5) is 22.8. The molecule has 0 aromatic heterocycles. The topological polar surface area (TPSA) is 52.6 Å². The van der Waals surface area contributed by atoms with Crippen molar-refractivity contribution in [2.24, 2.45) is 0 Å².